The van der Waals surface area contributed by atoms with Gasteiger partial charge in [-0.2, -0.15) is 0 Å². The van der Waals surface area contributed by atoms with Gasteiger partial charge in [0, 0.05) is 17.5 Å². The third kappa shape index (κ3) is 6.41. The fraction of sp³-hybridized carbons (Fsp3) is 0.500. The van der Waals surface area contributed by atoms with E-state index in [1.165, 1.54) is 0 Å². The van der Waals surface area contributed by atoms with Crippen LogP contribution in [-0.4, -0.2) is 5.43 Å². The van der Waals surface area contributed by atoms with Crippen LogP contribution in [0.5, 0.6) is 0 Å². The predicted molar refractivity (Wildman–Crippen MR) is 54.7 cm³/mol. The molecule has 0 amide bonds. The molecule has 0 radical (unpaired) electrons. The van der Waals surface area contributed by atoms with Crippen LogP contribution in [0.4, 0.5) is 4.79 Å². The van der Waals surface area contributed by atoms with Gasteiger partial charge in [0.25, 0.3) is 0 Å². The van der Waals surface area contributed by atoms with Gasteiger partial charge in [-0.1, -0.05) is 25.5 Å². The van der Waals surface area contributed by atoms with Gasteiger partial charge in [0.05, 0.1) is 0 Å². The molecular formula is C10H15ClO2. The largest absolute Gasteiger partial charge is 0.419 e. The number of ether oxygens (including phenoxy) is 1. The summed E-state index contributed by atoms with van der Waals surface area (Å²) in [7, 11) is 0. The van der Waals surface area contributed by atoms with Gasteiger partial charge in [0.2, 0.25) is 0 Å². The zero-order chi connectivity index (χ0) is 10.4. The molecule has 0 aromatic carbocycles. The zero-order valence-electron chi connectivity index (χ0n) is 8.43. The van der Waals surface area contributed by atoms with E-state index in [9.17, 15) is 4.79 Å². The summed E-state index contributed by atoms with van der Waals surface area (Å²) in [6.07, 6.45) is 3.65. The normalized spacial score (nSPS) is 11.4. The van der Waals surface area contributed by atoms with E-state index >= 15 is 0 Å². The second kappa shape index (κ2) is 5.81. The maximum Gasteiger partial charge on any atom is 0.408 e. The maximum absolute atomic E-state index is 10.5. The fourth-order valence-corrected chi connectivity index (χ4v) is 0.775. The lowest BCUT2D eigenvalue weighted by Crippen LogP contribution is -2.01. The van der Waals surface area contributed by atoms with Gasteiger partial charge in [-0.3, -0.25) is 0 Å². The topological polar surface area (TPSA) is 26.3 Å². The number of hydrogen-bond donors (Lipinski definition) is 0. The van der Waals surface area contributed by atoms with Crippen molar-refractivity contribution in [2.75, 3.05) is 0 Å². The molecule has 0 aromatic rings. The van der Waals surface area contributed by atoms with Crippen molar-refractivity contribution < 1.29 is 9.53 Å². The Labute approximate surface area is 84.2 Å². The summed E-state index contributed by atoms with van der Waals surface area (Å²) in [5.41, 5.74) is 0.353. The molecule has 0 aliphatic carbocycles. The molecular weight excluding hydrogens is 188 g/mol. The second-order valence-electron chi connectivity index (χ2n) is 3.31. The molecule has 0 unspecified atom stereocenters. The van der Waals surface area contributed by atoms with Crippen molar-refractivity contribution in [2.45, 2.75) is 27.7 Å². The highest BCUT2D eigenvalue weighted by Gasteiger charge is 2.06. The highest BCUT2D eigenvalue weighted by molar-refractivity contribution is 6.61. The average molecular weight is 203 g/mol. The summed E-state index contributed by atoms with van der Waals surface area (Å²) in [5.74, 6) is 0.736. The predicted octanol–water partition coefficient (Wildman–Crippen LogP) is 3.87. The van der Waals surface area contributed by atoms with E-state index < -0.39 is 5.43 Å². The average Bonchev–Trinajstić information content (AvgIpc) is 1.96. The summed E-state index contributed by atoms with van der Waals surface area (Å²) in [5, 5.41) is 0. The summed E-state index contributed by atoms with van der Waals surface area (Å²) in [6.45, 7) is 7.81. The maximum atomic E-state index is 10.5. The molecule has 0 fully saturated rings. The van der Waals surface area contributed by atoms with Crippen LogP contribution >= 0.6 is 11.6 Å². The first-order chi connectivity index (χ1) is 5.93. The van der Waals surface area contributed by atoms with Crippen molar-refractivity contribution in [2.24, 2.45) is 5.92 Å². The smallest absolute Gasteiger partial charge is 0.408 e. The van der Waals surface area contributed by atoms with Gasteiger partial charge in [-0.15, -0.1) is 0 Å². The molecule has 0 aromatic heterocycles. The Hall–Kier alpha value is -0.760. The Bertz CT molecular complexity index is 235. The Morgan fingerprint density at radius 1 is 1.31 bits per heavy atom. The van der Waals surface area contributed by atoms with E-state index in [-0.39, 0.29) is 5.92 Å². The highest BCUT2D eigenvalue weighted by atomic mass is 35.5. The fourth-order valence-electron chi connectivity index (χ4n) is 0.686. The Morgan fingerprint density at radius 2 is 1.85 bits per heavy atom. The van der Waals surface area contributed by atoms with Crippen LogP contribution < -0.4 is 0 Å². The summed E-state index contributed by atoms with van der Waals surface area (Å²) in [4.78, 5) is 10.5. The van der Waals surface area contributed by atoms with Crippen molar-refractivity contribution in [1.82, 2.24) is 0 Å². The first kappa shape index (κ1) is 12.2. The quantitative estimate of drug-likeness (QED) is 0.395. The number of allylic oxidation sites excluding steroid dienone is 4. The minimum atomic E-state index is -0.790. The van der Waals surface area contributed by atoms with Gasteiger partial charge >= 0.3 is 5.43 Å². The molecule has 0 saturated heterocycles. The molecule has 0 bridgehead atoms. The van der Waals surface area contributed by atoms with Crippen LogP contribution in [0, 0.1) is 5.92 Å². The number of hydrogen-bond acceptors (Lipinski definition) is 2. The molecule has 0 heterocycles. The van der Waals surface area contributed by atoms with Crippen LogP contribution in [0.1, 0.15) is 27.7 Å². The van der Waals surface area contributed by atoms with Gasteiger partial charge < -0.3 is 4.74 Å². The number of rotatable bonds is 3. The standard InChI is InChI=1S/C10H15ClO2/c1-7(2)5-6-9(8(3)4)13-10(11)12/h5-6,8H,1-4H3/b9-6+. The highest BCUT2D eigenvalue weighted by Crippen LogP contribution is 2.13. The molecule has 0 spiro atoms. The molecule has 3 heteroatoms. The molecule has 0 saturated carbocycles. The first-order valence-corrected chi connectivity index (χ1v) is 4.53. The van der Waals surface area contributed by atoms with E-state index in [1.807, 2.05) is 33.8 Å². The number of halogens is 1. The van der Waals surface area contributed by atoms with Crippen molar-refractivity contribution >= 4 is 17.0 Å². The molecule has 0 rings (SSSR count). The van der Waals surface area contributed by atoms with E-state index in [0.717, 1.165) is 5.57 Å². The lowest BCUT2D eigenvalue weighted by molar-refractivity contribution is 0.194. The van der Waals surface area contributed by atoms with Crippen molar-refractivity contribution in [3.63, 3.8) is 0 Å². The number of carbonyl (C=O) groups excluding carboxylic acids is 1. The van der Waals surface area contributed by atoms with Gasteiger partial charge in [-0.25, -0.2) is 4.79 Å². The summed E-state index contributed by atoms with van der Waals surface area (Å²) in [6, 6.07) is 0. The van der Waals surface area contributed by atoms with Crippen molar-refractivity contribution in [3.8, 4) is 0 Å². The summed E-state index contributed by atoms with van der Waals surface area (Å²) >= 11 is 5.11. The van der Waals surface area contributed by atoms with Gasteiger partial charge in [-0.05, 0) is 19.9 Å². The summed E-state index contributed by atoms with van der Waals surface area (Å²) < 4.78 is 4.81. The molecule has 2 nitrogen and oxygen atoms in total. The van der Waals surface area contributed by atoms with Crippen LogP contribution in [0.25, 0.3) is 0 Å². The third-order valence-electron chi connectivity index (χ3n) is 1.35. The Balaban J connectivity index is 4.51. The SMILES string of the molecule is CC(C)=C/C=C(/OC(=O)Cl)C(C)C. The molecule has 0 atom stereocenters. The second-order valence-corrected chi connectivity index (χ2v) is 3.62. The first-order valence-electron chi connectivity index (χ1n) is 4.16. The van der Waals surface area contributed by atoms with Crippen LogP contribution in [0.15, 0.2) is 23.5 Å². The van der Waals surface area contributed by atoms with Crippen LogP contribution in [-0.2, 0) is 4.74 Å². The lowest BCUT2D eigenvalue weighted by Gasteiger charge is -2.08. The minimum absolute atomic E-state index is 0.151. The molecule has 13 heavy (non-hydrogen) atoms. The zero-order valence-corrected chi connectivity index (χ0v) is 9.18. The van der Waals surface area contributed by atoms with E-state index in [1.54, 1.807) is 6.08 Å². The Kier molecular flexibility index (Phi) is 5.47. The van der Waals surface area contributed by atoms with Crippen LogP contribution in [0.2, 0.25) is 0 Å². The molecule has 0 aliphatic rings. The van der Waals surface area contributed by atoms with Crippen LogP contribution in [0.3, 0.4) is 0 Å². The van der Waals surface area contributed by atoms with Gasteiger partial charge in [0.15, 0.2) is 0 Å². The molecule has 0 aliphatic heterocycles. The monoisotopic (exact) mass is 202 g/mol. The molecule has 74 valence electrons. The van der Waals surface area contributed by atoms with E-state index in [4.69, 9.17) is 16.3 Å². The minimum Gasteiger partial charge on any atom is -0.419 e. The van der Waals surface area contributed by atoms with Crippen molar-refractivity contribution in [3.05, 3.63) is 23.5 Å². The third-order valence-corrected chi connectivity index (χ3v) is 1.43. The van der Waals surface area contributed by atoms with E-state index in [2.05, 4.69) is 0 Å². The van der Waals surface area contributed by atoms with Crippen molar-refractivity contribution in [1.29, 1.82) is 0 Å². The van der Waals surface area contributed by atoms with E-state index in [0.29, 0.717) is 5.76 Å². The lowest BCUT2D eigenvalue weighted by atomic mass is 10.1. The number of carbonyl (C=O) groups is 1. The Morgan fingerprint density at radius 3 is 2.15 bits per heavy atom. The van der Waals surface area contributed by atoms with Gasteiger partial charge in [0.1, 0.15) is 5.76 Å². The molecule has 0 N–H and O–H groups in total.